The maximum Gasteiger partial charge on any atom is 0.266 e. The fourth-order valence-corrected chi connectivity index (χ4v) is 4.54. The number of hydrogen-bond donors (Lipinski definition) is 0. The van der Waals surface area contributed by atoms with Gasteiger partial charge >= 0.3 is 0 Å². The summed E-state index contributed by atoms with van der Waals surface area (Å²) in [7, 11) is 4.36. The summed E-state index contributed by atoms with van der Waals surface area (Å²) < 4.78 is 31.3. The second kappa shape index (κ2) is 10.2. The van der Waals surface area contributed by atoms with Crippen molar-refractivity contribution < 1.29 is 23.4 Å². The molecule has 0 aliphatic rings. The molecule has 1 heterocycles. The van der Waals surface area contributed by atoms with Crippen LogP contribution in [-0.2, 0) is 0 Å². The number of halogens is 1. The number of rotatable bonds is 8. The Balaban J connectivity index is 1.89. The van der Waals surface area contributed by atoms with Crippen molar-refractivity contribution in [2.45, 2.75) is 12.1 Å². The molecule has 4 aromatic rings. The number of Topliss-reactive ketones (excluding diaryl/α,β-unsaturated/α-hetero) is 1. The molecular weight excluding hydrogens is 471 g/mol. The van der Waals surface area contributed by atoms with Crippen molar-refractivity contribution in [2.24, 2.45) is 0 Å². The molecule has 0 saturated carbocycles. The highest BCUT2D eigenvalue weighted by Crippen LogP contribution is 2.42. The summed E-state index contributed by atoms with van der Waals surface area (Å²) in [6.45, 7) is 1.94. The molecule has 0 amide bonds. The minimum atomic E-state index is -0.438. The molecule has 3 aromatic carbocycles. The van der Waals surface area contributed by atoms with Gasteiger partial charge in [-0.1, -0.05) is 41.6 Å². The van der Waals surface area contributed by atoms with Crippen LogP contribution in [-0.4, -0.2) is 42.4 Å². The third-order valence-corrected chi connectivity index (χ3v) is 6.37. The zero-order chi connectivity index (χ0) is 25.1. The highest BCUT2D eigenvalue weighted by Gasteiger charge is 2.23. The van der Waals surface area contributed by atoms with Crippen LogP contribution in [0, 0.1) is 12.7 Å². The molecule has 180 valence electrons. The van der Waals surface area contributed by atoms with E-state index in [1.54, 1.807) is 12.1 Å². The highest BCUT2D eigenvalue weighted by molar-refractivity contribution is 7.99. The predicted molar refractivity (Wildman–Crippen MR) is 133 cm³/mol. The second-order valence-electron chi connectivity index (χ2n) is 7.63. The van der Waals surface area contributed by atoms with Crippen molar-refractivity contribution in [1.29, 1.82) is 0 Å². The Kier molecular flexibility index (Phi) is 7.07. The normalized spacial score (nSPS) is 10.9. The topological polar surface area (TPSA) is 79.7 Å². The third-order valence-electron chi connectivity index (χ3n) is 5.43. The smallest absolute Gasteiger partial charge is 0.266 e. The van der Waals surface area contributed by atoms with E-state index in [9.17, 15) is 14.0 Å². The zero-order valence-corrected chi connectivity index (χ0v) is 20.4. The number of carbonyl (C=O) groups is 1. The molecule has 7 nitrogen and oxygen atoms in total. The number of aryl methyl sites for hydroxylation is 1. The summed E-state index contributed by atoms with van der Waals surface area (Å²) in [5.41, 5.74) is 1.85. The molecule has 1 aromatic heterocycles. The lowest BCUT2D eigenvalue weighted by Crippen LogP contribution is -2.22. The summed E-state index contributed by atoms with van der Waals surface area (Å²) in [6.07, 6.45) is 0. The number of methoxy groups -OCH3 is 3. The van der Waals surface area contributed by atoms with E-state index < -0.39 is 11.4 Å². The summed E-state index contributed by atoms with van der Waals surface area (Å²) in [5.74, 6) is 0.313. The van der Waals surface area contributed by atoms with Gasteiger partial charge in [0.15, 0.2) is 22.4 Å². The van der Waals surface area contributed by atoms with Gasteiger partial charge in [0, 0.05) is 5.56 Å². The van der Waals surface area contributed by atoms with Crippen LogP contribution < -0.4 is 19.8 Å². The van der Waals surface area contributed by atoms with Gasteiger partial charge in [-0.25, -0.2) is 9.37 Å². The largest absolute Gasteiger partial charge is 0.493 e. The van der Waals surface area contributed by atoms with Crippen molar-refractivity contribution >= 4 is 28.4 Å². The van der Waals surface area contributed by atoms with Gasteiger partial charge in [-0.2, -0.15) is 0 Å². The van der Waals surface area contributed by atoms with Crippen molar-refractivity contribution in [3.8, 4) is 22.9 Å². The lowest BCUT2D eigenvalue weighted by molar-refractivity contribution is 0.102. The molecule has 0 fully saturated rings. The van der Waals surface area contributed by atoms with Gasteiger partial charge in [0.2, 0.25) is 5.75 Å². The van der Waals surface area contributed by atoms with Crippen LogP contribution in [0.25, 0.3) is 16.6 Å². The second-order valence-corrected chi connectivity index (χ2v) is 8.57. The Morgan fingerprint density at radius 1 is 0.971 bits per heavy atom. The molecule has 35 heavy (non-hydrogen) atoms. The average molecular weight is 495 g/mol. The maximum absolute atomic E-state index is 13.7. The highest BCUT2D eigenvalue weighted by atomic mass is 32.2. The number of hydrogen-bond acceptors (Lipinski definition) is 7. The SMILES string of the molecule is COc1cc2c(=O)n(-c3ccc(F)cc3)c(SCC(=O)c3ccc(C)cc3)nc2c(OC)c1OC. The van der Waals surface area contributed by atoms with Crippen molar-refractivity contribution in [2.75, 3.05) is 27.1 Å². The van der Waals surface area contributed by atoms with Crippen LogP contribution in [0.4, 0.5) is 4.39 Å². The Morgan fingerprint density at radius 2 is 1.63 bits per heavy atom. The molecule has 0 atom stereocenters. The summed E-state index contributed by atoms with van der Waals surface area (Å²) >= 11 is 1.11. The Hall–Kier alpha value is -3.85. The Bertz CT molecular complexity index is 1450. The van der Waals surface area contributed by atoms with Crippen molar-refractivity contribution in [1.82, 2.24) is 9.55 Å². The lowest BCUT2D eigenvalue weighted by atomic mass is 10.1. The summed E-state index contributed by atoms with van der Waals surface area (Å²) in [6, 6.07) is 14.3. The summed E-state index contributed by atoms with van der Waals surface area (Å²) in [5, 5.41) is 0.470. The zero-order valence-electron chi connectivity index (χ0n) is 19.6. The number of fused-ring (bicyclic) bond motifs is 1. The van der Waals surface area contributed by atoms with Gasteiger partial charge in [0.05, 0.1) is 38.2 Å². The van der Waals surface area contributed by atoms with Crippen LogP contribution >= 0.6 is 11.8 Å². The number of ketones is 1. The average Bonchev–Trinajstić information content (AvgIpc) is 2.87. The first-order valence-corrected chi connectivity index (χ1v) is 11.6. The van der Waals surface area contributed by atoms with E-state index in [4.69, 9.17) is 14.2 Å². The standard InChI is InChI=1S/C26H23FN2O5S/c1-15-5-7-16(8-6-15)20(30)14-35-26-28-22-19(13-21(32-2)23(33-3)24(22)34-4)25(31)29(26)18-11-9-17(27)10-12-18/h5-13H,14H2,1-4H3. The van der Waals surface area contributed by atoms with Crippen LogP contribution in [0.2, 0.25) is 0 Å². The maximum atomic E-state index is 13.7. The van der Waals surface area contributed by atoms with Crippen LogP contribution in [0.5, 0.6) is 17.2 Å². The molecule has 0 aliphatic carbocycles. The Labute approximate surface area is 205 Å². The minimum absolute atomic E-state index is 0.0395. The van der Waals surface area contributed by atoms with E-state index >= 15 is 0 Å². The fourth-order valence-electron chi connectivity index (χ4n) is 3.64. The molecule has 0 radical (unpaired) electrons. The van der Waals surface area contributed by atoms with E-state index in [0.717, 1.165) is 17.3 Å². The number of benzene rings is 3. The van der Waals surface area contributed by atoms with Gasteiger partial charge in [-0.15, -0.1) is 0 Å². The first-order chi connectivity index (χ1) is 16.9. The molecule has 0 unspecified atom stereocenters. The van der Waals surface area contributed by atoms with Crippen LogP contribution in [0.1, 0.15) is 15.9 Å². The molecule has 0 N–H and O–H groups in total. The third kappa shape index (κ3) is 4.72. The van der Waals surface area contributed by atoms with E-state index in [2.05, 4.69) is 4.98 Å². The molecule has 0 saturated heterocycles. The quantitative estimate of drug-likeness (QED) is 0.197. The first-order valence-electron chi connectivity index (χ1n) is 10.6. The van der Waals surface area contributed by atoms with Gasteiger partial charge in [0.1, 0.15) is 11.3 Å². The Morgan fingerprint density at radius 3 is 2.23 bits per heavy atom. The molecule has 0 bridgehead atoms. The monoisotopic (exact) mass is 494 g/mol. The van der Waals surface area contributed by atoms with E-state index in [1.165, 1.54) is 56.2 Å². The number of nitrogens with zero attached hydrogens (tertiary/aromatic N) is 2. The minimum Gasteiger partial charge on any atom is -0.493 e. The van der Waals surface area contributed by atoms with Crippen molar-refractivity contribution in [3.05, 3.63) is 81.9 Å². The van der Waals surface area contributed by atoms with Gasteiger partial charge in [-0.05, 0) is 37.3 Å². The molecule has 0 aliphatic heterocycles. The number of carbonyl (C=O) groups excluding carboxylic acids is 1. The number of ether oxygens (including phenoxy) is 3. The van der Waals surface area contributed by atoms with E-state index in [1.807, 2.05) is 19.1 Å². The fraction of sp³-hybridized carbons (Fsp3) is 0.192. The van der Waals surface area contributed by atoms with Crippen LogP contribution in [0.3, 0.4) is 0 Å². The number of thioether (sulfide) groups is 1. The number of aromatic nitrogens is 2. The van der Waals surface area contributed by atoms with E-state index in [-0.39, 0.29) is 33.3 Å². The predicted octanol–water partition coefficient (Wildman–Crippen LogP) is 4.83. The first kappa shape index (κ1) is 24.3. The van der Waals surface area contributed by atoms with E-state index in [0.29, 0.717) is 22.7 Å². The van der Waals surface area contributed by atoms with Crippen LogP contribution in [0.15, 0.2) is 64.5 Å². The molecule has 9 heteroatoms. The lowest BCUT2D eigenvalue weighted by Gasteiger charge is -2.17. The molecule has 4 rings (SSSR count). The van der Waals surface area contributed by atoms with Gasteiger partial charge < -0.3 is 14.2 Å². The summed E-state index contributed by atoms with van der Waals surface area (Å²) in [4.78, 5) is 31.2. The van der Waals surface area contributed by atoms with Gasteiger partial charge in [0.25, 0.3) is 5.56 Å². The van der Waals surface area contributed by atoms with Gasteiger partial charge in [-0.3, -0.25) is 14.2 Å². The molecular formula is C26H23FN2O5S. The molecule has 0 spiro atoms. The van der Waals surface area contributed by atoms with Crippen molar-refractivity contribution in [3.63, 3.8) is 0 Å².